The molecule has 0 spiro atoms. The highest BCUT2D eigenvalue weighted by atomic mass is 32.2. The van der Waals surface area contributed by atoms with Gasteiger partial charge >= 0.3 is 0 Å². The number of methoxy groups -OCH3 is 1. The first-order valence-corrected chi connectivity index (χ1v) is 15.2. The van der Waals surface area contributed by atoms with Crippen LogP contribution in [0.4, 0.5) is 10.1 Å². The molecule has 1 aromatic heterocycles. The first-order valence-electron chi connectivity index (χ1n) is 13.7. The maximum Gasteiger partial charge on any atom is 0.264 e. The van der Waals surface area contributed by atoms with Gasteiger partial charge in [-0.1, -0.05) is 36.4 Å². The lowest BCUT2D eigenvalue weighted by molar-refractivity contribution is -0.139. The molecule has 1 aliphatic heterocycles. The van der Waals surface area contributed by atoms with Crippen molar-refractivity contribution in [3.63, 3.8) is 0 Å². The monoisotopic (exact) mass is 592 g/mol. The molecule has 42 heavy (non-hydrogen) atoms. The zero-order chi connectivity index (χ0) is 30.1. The van der Waals surface area contributed by atoms with Crippen molar-refractivity contribution in [1.29, 1.82) is 0 Å². The zero-order valence-corrected chi connectivity index (χ0v) is 24.5. The molecule has 1 aliphatic carbocycles. The Bertz CT molecular complexity index is 1690. The van der Waals surface area contributed by atoms with Gasteiger partial charge in [-0.05, 0) is 43.7 Å². The van der Waals surface area contributed by atoms with Crippen LogP contribution in [0.2, 0.25) is 0 Å². The maximum absolute atomic E-state index is 13.5. The summed E-state index contributed by atoms with van der Waals surface area (Å²) in [6.07, 6.45) is 5.70. The number of benzene rings is 2. The Hall–Kier alpha value is -4.25. The van der Waals surface area contributed by atoms with Crippen LogP contribution in [0.5, 0.6) is 5.75 Å². The maximum atomic E-state index is 13.5. The Labute approximate surface area is 244 Å². The molecule has 1 fully saturated rings. The minimum Gasteiger partial charge on any atom is -0.496 e. The number of halogens is 1. The van der Waals surface area contributed by atoms with E-state index in [0.29, 0.717) is 37.1 Å². The average Bonchev–Trinajstić information content (AvgIpc) is 3.00. The smallest absolute Gasteiger partial charge is 0.264 e. The summed E-state index contributed by atoms with van der Waals surface area (Å²) in [7, 11) is -2.57. The van der Waals surface area contributed by atoms with Crippen molar-refractivity contribution in [2.75, 3.05) is 38.0 Å². The predicted molar refractivity (Wildman–Crippen MR) is 159 cm³/mol. The molecular weight excluding hydrogens is 559 g/mol. The lowest BCUT2D eigenvalue weighted by atomic mass is 9.80. The Morgan fingerprint density at radius 2 is 1.76 bits per heavy atom. The first-order chi connectivity index (χ1) is 20.0. The summed E-state index contributed by atoms with van der Waals surface area (Å²) in [5.41, 5.74) is 0.853. The van der Waals surface area contributed by atoms with Crippen LogP contribution < -0.4 is 9.46 Å². The molecule has 2 aliphatic rings. The molecule has 11 heteroatoms. The number of piperazine rings is 1. The van der Waals surface area contributed by atoms with Gasteiger partial charge in [0.25, 0.3) is 15.9 Å². The second-order valence-corrected chi connectivity index (χ2v) is 12.5. The summed E-state index contributed by atoms with van der Waals surface area (Å²) in [6, 6.07) is 13.0. The van der Waals surface area contributed by atoms with Gasteiger partial charge in [0, 0.05) is 50.2 Å². The van der Waals surface area contributed by atoms with Crippen LogP contribution >= 0.6 is 0 Å². The van der Waals surface area contributed by atoms with Gasteiger partial charge in [-0.25, -0.2) is 12.8 Å². The predicted octanol–water partition coefficient (Wildman–Crippen LogP) is 4.58. The van der Waals surface area contributed by atoms with Crippen molar-refractivity contribution in [1.82, 2.24) is 14.8 Å². The van der Waals surface area contributed by atoms with Crippen molar-refractivity contribution in [2.45, 2.75) is 31.3 Å². The third-order valence-corrected chi connectivity index (χ3v) is 9.14. The fourth-order valence-electron chi connectivity index (χ4n) is 5.29. The second kappa shape index (κ2) is 11.6. The van der Waals surface area contributed by atoms with Gasteiger partial charge in [-0.2, -0.15) is 0 Å². The molecule has 2 heterocycles. The molecule has 3 aromatic rings. The van der Waals surface area contributed by atoms with Crippen molar-refractivity contribution < 1.29 is 27.1 Å². The first kappa shape index (κ1) is 29.2. The van der Waals surface area contributed by atoms with Gasteiger partial charge in [0.2, 0.25) is 5.91 Å². The highest BCUT2D eigenvalue weighted by Crippen LogP contribution is 2.34. The van der Waals surface area contributed by atoms with Gasteiger partial charge in [0.05, 0.1) is 29.3 Å². The summed E-state index contributed by atoms with van der Waals surface area (Å²) in [5, 5.41) is 0.696. The molecule has 5 rings (SSSR count). The molecule has 0 bridgehead atoms. The molecule has 220 valence electrons. The number of hydrogen-bond donors (Lipinski definition) is 1. The van der Waals surface area contributed by atoms with Crippen LogP contribution in [-0.2, 0) is 14.8 Å². The molecule has 1 saturated heterocycles. The van der Waals surface area contributed by atoms with E-state index >= 15 is 0 Å². The normalized spacial score (nSPS) is 17.6. The minimum atomic E-state index is -3.98. The van der Waals surface area contributed by atoms with Gasteiger partial charge in [-0.3, -0.25) is 19.3 Å². The largest absolute Gasteiger partial charge is 0.496 e. The Balaban J connectivity index is 1.27. The van der Waals surface area contributed by atoms with E-state index in [0.717, 1.165) is 5.57 Å². The SMILES string of the molecule is COc1cc(NS(=O)(=O)c2cccc3cccnc23)ccc1C(=O)N1CCN(C(=O)C(C)(C)C2=CCC(F)C=C2)CC1. The highest BCUT2D eigenvalue weighted by molar-refractivity contribution is 7.93. The fourth-order valence-corrected chi connectivity index (χ4v) is 6.52. The van der Waals surface area contributed by atoms with E-state index in [-0.39, 0.29) is 40.1 Å². The van der Waals surface area contributed by atoms with E-state index in [4.69, 9.17) is 4.74 Å². The molecule has 1 atom stereocenters. The molecule has 1 N–H and O–H groups in total. The van der Waals surface area contributed by atoms with Crippen LogP contribution in [-0.4, -0.2) is 74.5 Å². The third-order valence-electron chi connectivity index (χ3n) is 7.73. The topological polar surface area (TPSA) is 109 Å². The van der Waals surface area contributed by atoms with Crippen LogP contribution in [0, 0.1) is 5.41 Å². The Morgan fingerprint density at radius 3 is 2.45 bits per heavy atom. The molecule has 0 saturated carbocycles. The number of ether oxygens (including phenoxy) is 1. The number of carbonyl (C=O) groups is 2. The lowest BCUT2D eigenvalue weighted by Gasteiger charge is -2.39. The molecule has 1 unspecified atom stereocenters. The summed E-state index contributed by atoms with van der Waals surface area (Å²) >= 11 is 0. The van der Waals surface area contributed by atoms with Crippen LogP contribution in [0.3, 0.4) is 0 Å². The Kier molecular flexibility index (Phi) is 8.05. The number of aromatic nitrogens is 1. The number of fused-ring (bicyclic) bond motifs is 1. The number of para-hydroxylation sites is 1. The number of nitrogens with zero attached hydrogens (tertiary/aromatic N) is 3. The molecule has 9 nitrogen and oxygen atoms in total. The fraction of sp³-hybridized carbons (Fsp3) is 0.323. The number of rotatable bonds is 7. The number of anilines is 1. The summed E-state index contributed by atoms with van der Waals surface area (Å²) in [5.74, 6) is -0.130. The zero-order valence-electron chi connectivity index (χ0n) is 23.7. The third kappa shape index (κ3) is 5.74. The summed E-state index contributed by atoms with van der Waals surface area (Å²) < 4.78 is 48.0. The van der Waals surface area contributed by atoms with Crippen molar-refractivity contribution in [3.05, 3.63) is 84.1 Å². The van der Waals surface area contributed by atoms with E-state index in [1.54, 1.807) is 46.2 Å². The molecule has 0 radical (unpaired) electrons. The summed E-state index contributed by atoms with van der Waals surface area (Å²) in [6.45, 7) is 5.03. The Morgan fingerprint density at radius 1 is 1.05 bits per heavy atom. The van der Waals surface area contributed by atoms with Gasteiger partial charge in [0.1, 0.15) is 16.8 Å². The van der Waals surface area contributed by atoms with Crippen LogP contribution in [0.1, 0.15) is 30.6 Å². The quantitative estimate of drug-likeness (QED) is 0.430. The second-order valence-electron chi connectivity index (χ2n) is 10.8. The van der Waals surface area contributed by atoms with Gasteiger partial charge < -0.3 is 14.5 Å². The summed E-state index contributed by atoms with van der Waals surface area (Å²) in [4.78, 5) is 34.4. The van der Waals surface area contributed by atoms with Crippen LogP contribution in [0.25, 0.3) is 10.9 Å². The van der Waals surface area contributed by atoms with Crippen LogP contribution in [0.15, 0.2) is 83.4 Å². The van der Waals surface area contributed by atoms with E-state index < -0.39 is 21.6 Å². The molecule has 2 aromatic carbocycles. The standard InChI is InChI=1S/C31H33FN4O5S/c1-31(2,22-9-11-23(32)12-10-22)30(38)36-18-16-35(17-19-36)29(37)25-14-13-24(20-26(25)41-3)34-42(39,40)27-8-4-6-21-7-5-15-33-28(21)27/h4-11,13-15,20,23,34H,12,16-19H2,1-3H3. The van der Waals surface area contributed by atoms with E-state index in [9.17, 15) is 22.4 Å². The average molecular weight is 593 g/mol. The van der Waals surface area contributed by atoms with Crippen molar-refractivity contribution in [3.8, 4) is 5.75 Å². The van der Waals surface area contributed by atoms with E-state index in [2.05, 4.69) is 9.71 Å². The van der Waals surface area contributed by atoms with Crippen molar-refractivity contribution in [2.24, 2.45) is 5.41 Å². The highest BCUT2D eigenvalue weighted by Gasteiger charge is 2.37. The minimum absolute atomic E-state index is 0.0396. The van der Waals surface area contributed by atoms with Crippen molar-refractivity contribution >= 4 is 38.4 Å². The molecule has 2 amide bonds. The number of alkyl halides is 1. The number of nitrogens with one attached hydrogen (secondary N) is 1. The van der Waals surface area contributed by atoms with E-state index in [1.807, 2.05) is 13.8 Å². The number of sulfonamides is 1. The number of pyridine rings is 1. The number of hydrogen-bond acceptors (Lipinski definition) is 6. The van der Waals surface area contributed by atoms with E-state index in [1.165, 1.54) is 43.6 Å². The number of amides is 2. The van der Waals surface area contributed by atoms with Gasteiger partial charge in [0.15, 0.2) is 0 Å². The molecular formula is C31H33FN4O5S. The number of carbonyl (C=O) groups excluding carboxylic acids is 2. The lowest BCUT2D eigenvalue weighted by Crippen LogP contribution is -2.53. The number of allylic oxidation sites excluding steroid dienone is 3. The van der Waals surface area contributed by atoms with Gasteiger partial charge in [-0.15, -0.1) is 0 Å².